The zero-order valence-corrected chi connectivity index (χ0v) is 10.3. The van der Waals surface area contributed by atoms with Crippen molar-refractivity contribution in [2.24, 2.45) is 0 Å². The molecular weight excluding hydrogens is 232 g/mol. The second kappa shape index (κ2) is 6.76. The van der Waals surface area contributed by atoms with Crippen molar-refractivity contribution in [2.75, 3.05) is 20.2 Å². The summed E-state index contributed by atoms with van der Waals surface area (Å²) in [5.74, 6) is 0. The van der Waals surface area contributed by atoms with Crippen LogP contribution in [-0.4, -0.2) is 36.5 Å². The van der Waals surface area contributed by atoms with E-state index in [4.69, 9.17) is 29.2 Å². The van der Waals surface area contributed by atoms with E-state index in [0.29, 0.717) is 10.2 Å². The molecular formula is C8H16N4OS2. The number of hydrazine groups is 1. The van der Waals surface area contributed by atoms with Crippen LogP contribution in [0.2, 0.25) is 0 Å². The molecule has 0 aliphatic carbocycles. The Morgan fingerprint density at radius 3 is 2.67 bits per heavy atom. The normalized spacial score (nSPS) is 19.4. The molecule has 0 bridgehead atoms. The average Bonchev–Trinajstić information content (AvgIpc) is 2.75. The summed E-state index contributed by atoms with van der Waals surface area (Å²) in [4.78, 5) is 0. The van der Waals surface area contributed by atoms with Crippen molar-refractivity contribution in [1.82, 2.24) is 21.5 Å². The number of rotatable bonds is 2. The van der Waals surface area contributed by atoms with E-state index in [2.05, 4.69) is 21.5 Å². The summed E-state index contributed by atoms with van der Waals surface area (Å²) in [6, 6.07) is 0. The molecule has 0 saturated carbocycles. The van der Waals surface area contributed by atoms with Crippen molar-refractivity contribution in [3.05, 3.63) is 0 Å². The lowest BCUT2D eigenvalue weighted by Crippen LogP contribution is -2.50. The monoisotopic (exact) mass is 248 g/mol. The highest BCUT2D eigenvalue weighted by atomic mass is 32.1. The molecule has 1 heterocycles. The highest BCUT2D eigenvalue weighted by Gasteiger charge is 2.14. The van der Waals surface area contributed by atoms with Gasteiger partial charge in [0.15, 0.2) is 10.2 Å². The van der Waals surface area contributed by atoms with E-state index in [1.165, 1.54) is 0 Å². The molecule has 5 nitrogen and oxygen atoms in total. The smallest absolute Gasteiger partial charge is 0.185 e. The second-order valence-electron chi connectivity index (χ2n) is 3.17. The van der Waals surface area contributed by atoms with Gasteiger partial charge in [-0.2, -0.15) is 0 Å². The van der Waals surface area contributed by atoms with Crippen LogP contribution in [0.3, 0.4) is 0 Å². The third kappa shape index (κ3) is 5.10. The molecule has 86 valence electrons. The van der Waals surface area contributed by atoms with Gasteiger partial charge in [0.2, 0.25) is 0 Å². The molecule has 15 heavy (non-hydrogen) atoms. The van der Waals surface area contributed by atoms with Crippen molar-refractivity contribution in [2.45, 2.75) is 18.9 Å². The predicted octanol–water partition coefficient (Wildman–Crippen LogP) is -0.362. The summed E-state index contributed by atoms with van der Waals surface area (Å²) in [7, 11) is 1.74. The summed E-state index contributed by atoms with van der Waals surface area (Å²) >= 11 is 9.90. The summed E-state index contributed by atoms with van der Waals surface area (Å²) in [5.41, 5.74) is 5.50. The molecule has 1 fully saturated rings. The molecule has 1 saturated heterocycles. The van der Waals surface area contributed by atoms with Crippen molar-refractivity contribution >= 4 is 34.7 Å². The Morgan fingerprint density at radius 2 is 2.07 bits per heavy atom. The molecule has 0 aromatic carbocycles. The summed E-state index contributed by atoms with van der Waals surface area (Å²) < 4.78 is 5.44. The quantitative estimate of drug-likeness (QED) is 0.393. The SMILES string of the molecule is CNC(=S)NNC(=S)NC[C@@H]1CCCO1. The number of nitrogens with one attached hydrogen (secondary N) is 4. The van der Waals surface area contributed by atoms with E-state index in [1.807, 2.05) is 0 Å². The number of thiocarbonyl (C=S) groups is 2. The summed E-state index contributed by atoms with van der Waals surface area (Å²) in [6.07, 6.45) is 2.51. The Bertz CT molecular complexity index is 231. The Labute approximate surface area is 100 Å². The number of ether oxygens (including phenoxy) is 1. The summed E-state index contributed by atoms with van der Waals surface area (Å²) in [6.45, 7) is 1.59. The molecule has 0 amide bonds. The fraction of sp³-hybridized carbons (Fsp3) is 0.750. The van der Waals surface area contributed by atoms with Crippen molar-refractivity contribution in [1.29, 1.82) is 0 Å². The van der Waals surface area contributed by atoms with Gasteiger partial charge in [0, 0.05) is 20.2 Å². The van der Waals surface area contributed by atoms with Gasteiger partial charge in [-0.15, -0.1) is 0 Å². The molecule has 0 aromatic rings. The van der Waals surface area contributed by atoms with Crippen molar-refractivity contribution in [3.8, 4) is 0 Å². The lowest BCUT2D eigenvalue weighted by Gasteiger charge is -2.15. The largest absolute Gasteiger partial charge is 0.376 e. The van der Waals surface area contributed by atoms with Crippen LogP contribution in [0.4, 0.5) is 0 Å². The Balaban J connectivity index is 2.05. The van der Waals surface area contributed by atoms with Gasteiger partial charge in [0.05, 0.1) is 6.10 Å². The third-order valence-corrected chi connectivity index (χ3v) is 2.58. The van der Waals surface area contributed by atoms with Crippen molar-refractivity contribution in [3.63, 3.8) is 0 Å². The number of hydrogen-bond donors (Lipinski definition) is 4. The second-order valence-corrected chi connectivity index (χ2v) is 3.99. The zero-order valence-electron chi connectivity index (χ0n) is 8.63. The maximum Gasteiger partial charge on any atom is 0.185 e. The van der Waals surface area contributed by atoms with E-state index in [1.54, 1.807) is 7.05 Å². The van der Waals surface area contributed by atoms with Gasteiger partial charge in [-0.25, -0.2) is 0 Å². The van der Waals surface area contributed by atoms with E-state index in [0.717, 1.165) is 26.0 Å². The fourth-order valence-corrected chi connectivity index (χ4v) is 1.42. The van der Waals surface area contributed by atoms with E-state index >= 15 is 0 Å². The molecule has 0 spiro atoms. The third-order valence-electron chi connectivity index (χ3n) is 2.03. The number of hydrogen-bond acceptors (Lipinski definition) is 3. The molecule has 4 N–H and O–H groups in total. The maximum absolute atomic E-state index is 5.44. The van der Waals surface area contributed by atoms with Crippen LogP contribution in [0.25, 0.3) is 0 Å². The minimum absolute atomic E-state index is 0.279. The van der Waals surface area contributed by atoms with Gasteiger partial charge in [0.1, 0.15) is 0 Å². The first kappa shape index (κ1) is 12.4. The van der Waals surface area contributed by atoms with Crippen LogP contribution in [0.1, 0.15) is 12.8 Å². The van der Waals surface area contributed by atoms with Gasteiger partial charge in [-0.05, 0) is 37.3 Å². The first-order valence-corrected chi connectivity index (χ1v) is 5.67. The molecule has 1 rings (SSSR count). The molecule has 1 atom stereocenters. The van der Waals surface area contributed by atoms with E-state index < -0.39 is 0 Å². The minimum atomic E-state index is 0.279. The van der Waals surface area contributed by atoms with Crippen LogP contribution in [0, 0.1) is 0 Å². The van der Waals surface area contributed by atoms with Gasteiger partial charge in [0.25, 0.3) is 0 Å². The predicted molar refractivity (Wildman–Crippen MR) is 67.5 cm³/mol. The minimum Gasteiger partial charge on any atom is -0.376 e. The van der Waals surface area contributed by atoms with Crippen LogP contribution >= 0.6 is 24.4 Å². The molecule has 0 unspecified atom stereocenters. The van der Waals surface area contributed by atoms with Crippen LogP contribution in [0.5, 0.6) is 0 Å². The summed E-state index contributed by atoms with van der Waals surface area (Å²) in [5, 5.41) is 6.83. The Kier molecular flexibility index (Phi) is 5.59. The highest BCUT2D eigenvalue weighted by molar-refractivity contribution is 7.80. The van der Waals surface area contributed by atoms with E-state index in [-0.39, 0.29) is 6.10 Å². The zero-order chi connectivity index (χ0) is 11.1. The average molecular weight is 248 g/mol. The molecule has 0 aromatic heterocycles. The molecule has 1 aliphatic heterocycles. The van der Waals surface area contributed by atoms with E-state index in [9.17, 15) is 0 Å². The van der Waals surface area contributed by atoms with Gasteiger partial charge < -0.3 is 15.4 Å². The fourth-order valence-electron chi connectivity index (χ4n) is 1.23. The topological polar surface area (TPSA) is 57.3 Å². The molecule has 1 aliphatic rings. The van der Waals surface area contributed by atoms with Crippen LogP contribution < -0.4 is 21.5 Å². The highest BCUT2D eigenvalue weighted by Crippen LogP contribution is 2.10. The Hall–Kier alpha value is -0.660. The van der Waals surface area contributed by atoms with Crippen molar-refractivity contribution < 1.29 is 4.74 Å². The standard InChI is InChI=1S/C8H16N4OS2/c1-9-7(14)11-12-8(15)10-5-6-3-2-4-13-6/h6H,2-5H2,1H3,(H2,9,11,14)(H2,10,12,15)/t6-/m0/s1. The molecule has 0 radical (unpaired) electrons. The lowest BCUT2D eigenvalue weighted by atomic mass is 10.2. The van der Waals surface area contributed by atoms with Crippen LogP contribution in [-0.2, 0) is 4.74 Å². The molecule has 7 heteroatoms. The lowest BCUT2D eigenvalue weighted by molar-refractivity contribution is 0.114. The van der Waals surface area contributed by atoms with Gasteiger partial charge >= 0.3 is 0 Å². The van der Waals surface area contributed by atoms with Gasteiger partial charge in [-0.3, -0.25) is 10.9 Å². The van der Waals surface area contributed by atoms with Crippen LogP contribution in [0.15, 0.2) is 0 Å². The maximum atomic E-state index is 5.44. The Morgan fingerprint density at radius 1 is 1.33 bits per heavy atom. The first-order chi connectivity index (χ1) is 7.22. The first-order valence-electron chi connectivity index (χ1n) is 4.85. The van der Waals surface area contributed by atoms with Gasteiger partial charge in [-0.1, -0.05) is 0 Å².